The summed E-state index contributed by atoms with van der Waals surface area (Å²) in [6, 6.07) is 16.9. The molecule has 9 heteroatoms. The summed E-state index contributed by atoms with van der Waals surface area (Å²) in [5.74, 6) is 5.27. The lowest BCUT2D eigenvalue weighted by atomic mass is 9.95. The molecule has 0 spiro atoms. The molecule has 0 unspecified atom stereocenters. The van der Waals surface area contributed by atoms with Crippen molar-refractivity contribution in [2.75, 3.05) is 7.05 Å². The lowest BCUT2D eigenvalue weighted by molar-refractivity contribution is 0.0935. The molecule has 0 radical (unpaired) electrons. The second-order valence-electron chi connectivity index (χ2n) is 9.99. The Labute approximate surface area is 231 Å². The number of nitrogens with zero attached hydrogens (tertiary/aromatic N) is 1. The topological polar surface area (TPSA) is 122 Å². The van der Waals surface area contributed by atoms with Crippen LogP contribution in [0.25, 0.3) is 33.4 Å². The van der Waals surface area contributed by atoms with Gasteiger partial charge in [0.05, 0.1) is 11.1 Å². The Balaban J connectivity index is 1.51. The molecule has 5 N–H and O–H groups in total. The third-order valence-electron chi connectivity index (χ3n) is 7.27. The lowest BCUT2D eigenvalue weighted by Gasteiger charge is -2.21. The Hall–Kier alpha value is -4.92. The molecular weight excluding hydrogens is 509 g/mol. The van der Waals surface area contributed by atoms with E-state index in [1.54, 1.807) is 38.2 Å². The largest absolute Gasteiger partial charge is 0.455 e. The van der Waals surface area contributed by atoms with E-state index < -0.39 is 5.54 Å². The summed E-state index contributed by atoms with van der Waals surface area (Å²) in [5.41, 5.74) is 4.67. The van der Waals surface area contributed by atoms with Gasteiger partial charge in [0, 0.05) is 29.3 Å². The monoisotopic (exact) mass is 539 g/mol. The molecule has 1 aromatic heterocycles. The minimum atomic E-state index is -0.553. The Morgan fingerprint density at radius 3 is 2.38 bits per heavy atom. The number of carbonyl (C=O) groups is 2. The fraction of sp³-hybridized carbons (Fsp3) is 0.194. The van der Waals surface area contributed by atoms with Crippen molar-refractivity contribution < 1.29 is 18.4 Å². The van der Waals surface area contributed by atoms with Crippen LogP contribution in [0, 0.1) is 12.7 Å². The number of amidine groups is 1. The van der Waals surface area contributed by atoms with Crippen LogP contribution in [0.15, 0.2) is 82.5 Å². The SMILES string of the molecule is C=C(N/C(C)=N\N)C1(NC(=O)c2ccc(C)c(-c3ccc4oc(-c5ccc(F)cc5)c(C(=O)NC)c4c3)c2)CC1. The van der Waals surface area contributed by atoms with Crippen LogP contribution in [0.3, 0.4) is 0 Å². The molecule has 40 heavy (non-hydrogen) atoms. The number of nitrogens with one attached hydrogen (secondary N) is 3. The van der Waals surface area contributed by atoms with E-state index in [0.717, 1.165) is 29.5 Å². The van der Waals surface area contributed by atoms with Gasteiger partial charge in [-0.15, -0.1) is 0 Å². The van der Waals surface area contributed by atoms with E-state index in [4.69, 9.17) is 10.3 Å². The first-order valence-electron chi connectivity index (χ1n) is 12.8. The first kappa shape index (κ1) is 26.7. The fourth-order valence-corrected chi connectivity index (χ4v) is 4.78. The van der Waals surface area contributed by atoms with Crippen molar-refractivity contribution in [2.24, 2.45) is 10.9 Å². The fourth-order valence-electron chi connectivity index (χ4n) is 4.78. The van der Waals surface area contributed by atoms with Gasteiger partial charge in [0.15, 0.2) is 0 Å². The molecule has 1 aliphatic carbocycles. The first-order valence-corrected chi connectivity index (χ1v) is 12.8. The number of hydrogen-bond acceptors (Lipinski definition) is 5. The van der Waals surface area contributed by atoms with Gasteiger partial charge < -0.3 is 26.2 Å². The molecule has 0 atom stereocenters. The summed E-state index contributed by atoms with van der Waals surface area (Å²) in [7, 11) is 1.55. The van der Waals surface area contributed by atoms with Crippen molar-refractivity contribution in [1.82, 2.24) is 16.0 Å². The van der Waals surface area contributed by atoms with Crippen molar-refractivity contribution in [1.29, 1.82) is 0 Å². The maximum absolute atomic E-state index is 13.5. The van der Waals surface area contributed by atoms with Crippen LogP contribution in [0.2, 0.25) is 0 Å². The zero-order valence-corrected chi connectivity index (χ0v) is 22.5. The molecule has 204 valence electrons. The number of nitrogens with two attached hydrogens (primary N) is 1. The van der Waals surface area contributed by atoms with Gasteiger partial charge in [0.1, 0.15) is 23.0 Å². The number of carbonyl (C=O) groups excluding carboxylic acids is 2. The van der Waals surface area contributed by atoms with Crippen LogP contribution < -0.4 is 21.8 Å². The van der Waals surface area contributed by atoms with Gasteiger partial charge in [-0.3, -0.25) is 9.59 Å². The standard InChI is InChI=1S/C31H30FN5O3/c1-17-5-6-22(29(38)36-31(13-14-31)18(2)35-19(3)37-33)16-24(17)21-9-12-26-25(15-21)27(30(39)34-4)28(40-26)20-7-10-23(32)11-8-20/h5-12,15-16H,2,13-14,33H2,1,3-4H3,(H,34,39)(H,35,37)(H,36,38). The van der Waals surface area contributed by atoms with Crippen molar-refractivity contribution in [3.63, 3.8) is 0 Å². The van der Waals surface area contributed by atoms with Crippen LogP contribution in [0.5, 0.6) is 0 Å². The molecule has 0 saturated heterocycles. The molecule has 1 heterocycles. The van der Waals surface area contributed by atoms with E-state index in [0.29, 0.717) is 45.0 Å². The van der Waals surface area contributed by atoms with Gasteiger partial charge >= 0.3 is 0 Å². The van der Waals surface area contributed by atoms with Gasteiger partial charge in [-0.25, -0.2) is 4.39 Å². The van der Waals surface area contributed by atoms with Crippen LogP contribution in [-0.4, -0.2) is 30.2 Å². The highest BCUT2D eigenvalue weighted by molar-refractivity contribution is 6.12. The average molecular weight is 540 g/mol. The summed E-state index contributed by atoms with van der Waals surface area (Å²) in [4.78, 5) is 26.3. The van der Waals surface area contributed by atoms with E-state index in [9.17, 15) is 14.0 Å². The number of hydrazone groups is 1. The molecule has 2 amide bonds. The minimum absolute atomic E-state index is 0.224. The number of fused-ring (bicyclic) bond motifs is 1. The van der Waals surface area contributed by atoms with E-state index >= 15 is 0 Å². The van der Waals surface area contributed by atoms with Crippen molar-refractivity contribution in [3.8, 4) is 22.5 Å². The average Bonchev–Trinajstić information content (AvgIpc) is 3.64. The molecule has 1 aliphatic rings. The molecule has 1 saturated carbocycles. The van der Waals surface area contributed by atoms with Gasteiger partial charge in [-0.1, -0.05) is 18.7 Å². The molecule has 0 aliphatic heterocycles. The number of halogens is 1. The van der Waals surface area contributed by atoms with Crippen LogP contribution in [-0.2, 0) is 0 Å². The first-order chi connectivity index (χ1) is 19.2. The van der Waals surface area contributed by atoms with Crippen LogP contribution in [0.1, 0.15) is 46.0 Å². The quantitative estimate of drug-likeness (QED) is 0.111. The summed E-state index contributed by atoms with van der Waals surface area (Å²) in [6.45, 7) is 7.76. The van der Waals surface area contributed by atoms with E-state index in [2.05, 4.69) is 27.6 Å². The predicted octanol–water partition coefficient (Wildman–Crippen LogP) is 5.23. The molecule has 4 aromatic rings. The lowest BCUT2D eigenvalue weighted by Crippen LogP contribution is -2.43. The molecule has 5 rings (SSSR count). The molecule has 3 aromatic carbocycles. The van der Waals surface area contributed by atoms with Gasteiger partial charge in [-0.05, 0) is 91.9 Å². The van der Waals surface area contributed by atoms with Gasteiger partial charge in [-0.2, -0.15) is 5.10 Å². The van der Waals surface area contributed by atoms with E-state index in [1.807, 2.05) is 31.2 Å². The number of hydrogen-bond donors (Lipinski definition) is 4. The molecular formula is C31H30FN5O3. The Morgan fingerprint density at radius 1 is 1.02 bits per heavy atom. The highest BCUT2D eigenvalue weighted by Gasteiger charge is 2.47. The second-order valence-corrected chi connectivity index (χ2v) is 9.99. The summed E-state index contributed by atoms with van der Waals surface area (Å²) < 4.78 is 19.6. The Kier molecular flexibility index (Phi) is 6.89. The Bertz CT molecular complexity index is 1680. The van der Waals surface area contributed by atoms with E-state index in [-0.39, 0.29) is 17.6 Å². The zero-order valence-electron chi connectivity index (χ0n) is 22.5. The zero-order chi connectivity index (χ0) is 28.6. The second kappa shape index (κ2) is 10.3. The normalized spacial score (nSPS) is 14.1. The summed E-state index contributed by atoms with van der Waals surface area (Å²) in [6.07, 6.45) is 1.52. The van der Waals surface area contributed by atoms with E-state index in [1.165, 1.54) is 12.1 Å². The van der Waals surface area contributed by atoms with Crippen molar-refractivity contribution >= 4 is 28.6 Å². The number of aryl methyl sites for hydroxylation is 1. The van der Waals surface area contributed by atoms with Gasteiger partial charge in [0.25, 0.3) is 11.8 Å². The predicted molar refractivity (Wildman–Crippen MR) is 154 cm³/mol. The third-order valence-corrected chi connectivity index (χ3v) is 7.27. The number of furan rings is 1. The number of amides is 2. The van der Waals surface area contributed by atoms with Gasteiger partial charge in [0.2, 0.25) is 0 Å². The van der Waals surface area contributed by atoms with Crippen LogP contribution >= 0.6 is 0 Å². The minimum Gasteiger partial charge on any atom is -0.455 e. The number of benzene rings is 3. The maximum atomic E-state index is 13.5. The third kappa shape index (κ3) is 4.93. The highest BCUT2D eigenvalue weighted by Crippen LogP contribution is 2.41. The van der Waals surface area contributed by atoms with Crippen LogP contribution in [0.4, 0.5) is 4.39 Å². The summed E-state index contributed by atoms with van der Waals surface area (Å²) >= 11 is 0. The molecule has 0 bridgehead atoms. The van der Waals surface area contributed by atoms with Crippen molar-refractivity contribution in [2.45, 2.75) is 32.2 Å². The Morgan fingerprint density at radius 2 is 1.73 bits per heavy atom. The highest BCUT2D eigenvalue weighted by atomic mass is 19.1. The van der Waals surface area contributed by atoms with Crippen molar-refractivity contribution in [3.05, 3.63) is 95.4 Å². The maximum Gasteiger partial charge on any atom is 0.255 e. The smallest absolute Gasteiger partial charge is 0.255 e. The summed E-state index contributed by atoms with van der Waals surface area (Å²) in [5, 5.41) is 13.1. The number of rotatable bonds is 7. The molecule has 8 nitrogen and oxygen atoms in total. The molecule has 1 fully saturated rings.